The monoisotopic (exact) mass is 364 g/mol. The smallest absolute Gasteiger partial charge is 0.354 e. The van der Waals surface area contributed by atoms with Crippen molar-refractivity contribution in [2.75, 3.05) is 31.1 Å². The lowest BCUT2D eigenvalue weighted by Gasteiger charge is -2.24. The molecule has 26 heavy (non-hydrogen) atoms. The summed E-state index contributed by atoms with van der Waals surface area (Å²) in [5.74, 6) is 1.06. The van der Waals surface area contributed by atoms with E-state index in [1.54, 1.807) is 0 Å². The van der Waals surface area contributed by atoms with E-state index in [2.05, 4.69) is 9.97 Å². The Morgan fingerprint density at radius 2 is 1.88 bits per heavy atom. The number of amides is 1. The summed E-state index contributed by atoms with van der Waals surface area (Å²) in [6.07, 6.45) is -0.203. The molecule has 138 valence electrons. The average molecular weight is 364 g/mol. The van der Waals surface area contributed by atoms with Gasteiger partial charge in [0.1, 0.15) is 11.5 Å². The Bertz CT molecular complexity index is 835. The molecule has 2 aliphatic rings. The summed E-state index contributed by atoms with van der Waals surface area (Å²) in [5.41, 5.74) is -0.626. The van der Waals surface area contributed by atoms with Crippen LogP contribution in [0.4, 0.5) is 19.0 Å². The minimum Gasteiger partial charge on any atom is -0.354 e. The fraction of sp³-hybridized carbons (Fsp3) is 0.500. The summed E-state index contributed by atoms with van der Waals surface area (Å²) >= 11 is 0. The van der Waals surface area contributed by atoms with Crippen molar-refractivity contribution in [3.05, 3.63) is 30.1 Å². The van der Waals surface area contributed by atoms with Crippen LogP contribution in [-0.4, -0.2) is 47.0 Å². The number of halogens is 3. The lowest BCUT2D eigenvalue weighted by atomic mass is 10.2. The maximum absolute atomic E-state index is 12.9. The van der Waals surface area contributed by atoms with Gasteiger partial charge in [0.25, 0.3) is 0 Å². The number of alkyl halides is 3. The van der Waals surface area contributed by atoms with Crippen LogP contribution in [0.3, 0.4) is 0 Å². The van der Waals surface area contributed by atoms with E-state index >= 15 is 0 Å². The zero-order valence-electron chi connectivity index (χ0n) is 14.2. The molecule has 0 atom stereocenters. The van der Waals surface area contributed by atoms with E-state index in [-0.39, 0.29) is 17.3 Å². The van der Waals surface area contributed by atoms with Gasteiger partial charge in [0.05, 0.1) is 5.52 Å². The van der Waals surface area contributed by atoms with Crippen molar-refractivity contribution < 1.29 is 18.0 Å². The van der Waals surface area contributed by atoms with Crippen molar-refractivity contribution in [1.29, 1.82) is 0 Å². The predicted molar refractivity (Wildman–Crippen MR) is 90.7 cm³/mol. The van der Waals surface area contributed by atoms with Crippen LogP contribution in [0.2, 0.25) is 0 Å². The molecule has 0 spiro atoms. The molecule has 8 heteroatoms. The van der Waals surface area contributed by atoms with Crippen LogP contribution in [0.25, 0.3) is 10.9 Å². The molecular formula is C18H19F3N4O. The third-order valence-electron chi connectivity index (χ3n) is 4.92. The number of carbonyl (C=O) groups excluding carboxylic acids is 1. The van der Waals surface area contributed by atoms with E-state index in [0.717, 1.165) is 25.3 Å². The number of fused-ring (bicyclic) bond motifs is 1. The molecule has 2 aromatic rings. The van der Waals surface area contributed by atoms with Crippen molar-refractivity contribution in [1.82, 2.24) is 14.9 Å². The predicted octanol–water partition coefficient (Wildman–Crippen LogP) is 3.10. The summed E-state index contributed by atoms with van der Waals surface area (Å²) in [6.45, 7) is 2.65. The summed E-state index contributed by atoms with van der Waals surface area (Å²) in [4.78, 5) is 24.3. The van der Waals surface area contributed by atoms with Gasteiger partial charge in [-0.2, -0.15) is 13.2 Å². The normalized spacial score (nSPS) is 18.9. The van der Waals surface area contributed by atoms with Crippen molar-refractivity contribution in [2.24, 2.45) is 5.92 Å². The molecule has 3 heterocycles. The van der Waals surface area contributed by atoms with Crippen LogP contribution in [-0.2, 0) is 11.0 Å². The fourth-order valence-electron chi connectivity index (χ4n) is 3.39. The lowest BCUT2D eigenvalue weighted by Crippen LogP contribution is -2.36. The van der Waals surface area contributed by atoms with Crippen LogP contribution < -0.4 is 4.90 Å². The SMILES string of the molecule is O=C(C1CC1)N1CCCN(c2nccc3nc(C(F)(F)F)ccc23)CC1. The molecule has 2 aromatic heterocycles. The van der Waals surface area contributed by atoms with E-state index in [9.17, 15) is 18.0 Å². The second-order valence-corrected chi connectivity index (χ2v) is 6.84. The van der Waals surface area contributed by atoms with Gasteiger partial charge in [0.2, 0.25) is 5.91 Å². The second-order valence-electron chi connectivity index (χ2n) is 6.84. The summed E-state index contributed by atoms with van der Waals surface area (Å²) in [6, 6.07) is 3.93. The molecule has 0 radical (unpaired) electrons. The van der Waals surface area contributed by atoms with Gasteiger partial charge in [-0.3, -0.25) is 4.79 Å². The first-order valence-electron chi connectivity index (χ1n) is 8.80. The summed E-state index contributed by atoms with van der Waals surface area (Å²) in [7, 11) is 0. The first kappa shape index (κ1) is 17.1. The Labute approximate surface area is 148 Å². The molecule has 5 nitrogen and oxygen atoms in total. The first-order chi connectivity index (χ1) is 12.4. The topological polar surface area (TPSA) is 49.3 Å². The van der Waals surface area contributed by atoms with E-state index in [1.807, 2.05) is 9.80 Å². The third kappa shape index (κ3) is 3.32. The number of pyridine rings is 2. The van der Waals surface area contributed by atoms with E-state index in [0.29, 0.717) is 37.4 Å². The van der Waals surface area contributed by atoms with Crippen LogP contribution >= 0.6 is 0 Å². The molecular weight excluding hydrogens is 345 g/mol. The van der Waals surface area contributed by atoms with Gasteiger partial charge < -0.3 is 9.80 Å². The van der Waals surface area contributed by atoms with Gasteiger partial charge in [-0.1, -0.05) is 0 Å². The maximum Gasteiger partial charge on any atom is 0.433 e. The zero-order valence-corrected chi connectivity index (χ0v) is 14.2. The van der Waals surface area contributed by atoms with E-state index in [4.69, 9.17) is 0 Å². The third-order valence-corrected chi connectivity index (χ3v) is 4.92. The number of hydrogen-bond acceptors (Lipinski definition) is 4. The van der Waals surface area contributed by atoms with Crippen LogP contribution in [0, 0.1) is 5.92 Å². The van der Waals surface area contributed by atoms with Crippen LogP contribution in [0.5, 0.6) is 0 Å². The van der Waals surface area contributed by atoms with Gasteiger partial charge in [0.15, 0.2) is 0 Å². The highest BCUT2D eigenvalue weighted by molar-refractivity contribution is 5.89. The number of rotatable bonds is 2. The van der Waals surface area contributed by atoms with E-state index in [1.165, 1.54) is 18.3 Å². The van der Waals surface area contributed by atoms with Crippen molar-refractivity contribution in [3.8, 4) is 0 Å². The van der Waals surface area contributed by atoms with Crippen molar-refractivity contribution >= 4 is 22.6 Å². The zero-order chi connectivity index (χ0) is 18.3. The Kier molecular flexibility index (Phi) is 4.20. The molecule has 1 amide bonds. The molecule has 2 fully saturated rings. The summed E-state index contributed by atoms with van der Waals surface area (Å²) < 4.78 is 38.7. The van der Waals surface area contributed by atoms with Gasteiger partial charge >= 0.3 is 6.18 Å². The lowest BCUT2D eigenvalue weighted by molar-refractivity contribution is -0.141. The molecule has 1 saturated carbocycles. The molecule has 4 rings (SSSR count). The highest BCUT2D eigenvalue weighted by Crippen LogP contribution is 2.33. The summed E-state index contributed by atoms with van der Waals surface area (Å²) in [5, 5.41) is 0.600. The fourth-order valence-corrected chi connectivity index (χ4v) is 3.39. The molecule has 1 saturated heterocycles. The molecule has 0 bridgehead atoms. The standard InChI is InChI=1S/C18H19F3N4O/c19-18(20,21)15-5-4-13-14(23-15)6-7-22-16(13)24-8-1-9-25(11-10-24)17(26)12-2-3-12/h4-7,12H,1-3,8-11H2. The minimum absolute atomic E-state index is 0.196. The van der Waals surface area contributed by atoms with Gasteiger partial charge in [0, 0.05) is 43.7 Å². The molecule has 1 aliphatic carbocycles. The Morgan fingerprint density at radius 1 is 1.08 bits per heavy atom. The Balaban J connectivity index is 1.59. The largest absolute Gasteiger partial charge is 0.433 e. The quantitative estimate of drug-likeness (QED) is 0.822. The second kappa shape index (κ2) is 6.41. The van der Waals surface area contributed by atoms with Crippen LogP contribution in [0.1, 0.15) is 25.0 Å². The highest BCUT2D eigenvalue weighted by Gasteiger charge is 2.34. The first-order valence-corrected chi connectivity index (χ1v) is 8.80. The van der Waals surface area contributed by atoms with Crippen molar-refractivity contribution in [3.63, 3.8) is 0 Å². The Morgan fingerprint density at radius 3 is 2.62 bits per heavy atom. The minimum atomic E-state index is -4.47. The number of carbonyl (C=O) groups is 1. The number of aromatic nitrogens is 2. The van der Waals surface area contributed by atoms with Crippen molar-refractivity contribution in [2.45, 2.75) is 25.4 Å². The molecule has 1 aliphatic heterocycles. The maximum atomic E-state index is 12.9. The van der Waals surface area contributed by atoms with E-state index < -0.39 is 11.9 Å². The Hall–Kier alpha value is -2.38. The number of hydrogen-bond donors (Lipinski definition) is 0. The van der Waals surface area contributed by atoms with Gasteiger partial charge in [-0.25, -0.2) is 9.97 Å². The van der Waals surface area contributed by atoms with Gasteiger partial charge in [-0.05, 0) is 37.5 Å². The molecule has 0 unspecified atom stereocenters. The molecule has 0 aromatic carbocycles. The molecule has 0 N–H and O–H groups in total. The average Bonchev–Trinajstić information content (AvgIpc) is 3.46. The number of nitrogens with zero attached hydrogens (tertiary/aromatic N) is 4. The van der Waals surface area contributed by atoms with Crippen LogP contribution in [0.15, 0.2) is 24.4 Å². The van der Waals surface area contributed by atoms with Gasteiger partial charge in [-0.15, -0.1) is 0 Å². The highest BCUT2D eigenvalue weighted by atomic mass is 19.4. The number of anilines is 1.